The standard InChI is InChI=1S/C41H29N3O8S9/c1-4-59(47,48)21-10-13-25-31(18-21)56-39(42-25)53-28-9-7-8-24-34(28)38(46)36-30(55-41-44-27-15-12-23(20-33(27)58-41)61(51,52)6-3)17-16-29(35(36)37(24)45)54-40-43-26-14-11-22(19-32(26)57-40)60(49,50)5-2/h7-20H,4-6H2,1-3H3. The van der Waals surface area contributed by atoms with Crippen molar-refractivity contribution in [2.75, 3.05) is 17.3 Å². The number of aromatic nitrogens is 3. The van der Waals surface area contributed by atoms with E-state index in [0.29, 0.717) is 58.4 Å². The smallest absolute Gasteiger partial charge is 0.196 e. The maximum Gasteiger partial charge on any atom is 0.196 e. The third-order valence-electron chi connectivity index (χ3n) is 9.91. The highest BCUT2D eigenvalue weighted by molar-refractivity contribution is 8.02. The Morgan fingerprint density at radius 2 is 0.820 bits per heavy atom. The Bertz CT molecular complexity index is 3520. The first-order valence-electron chi connectivity index (χ1n) is 18.4. The van der Waals surface area contributed by atoms with Crippen LogP contribution in [0.3, 0.4) is 0 Å². The van der Waals surface area contributed by atoms with E-state index in [1.54, 1.807) is 87.5 Å². The molecule has 61 heavy (non-hydrogen) atoms. The van der Waals surface area contributed by atoms with Crippen LogP contribution in [0.2, 0.25) is 0 Å². The monoisotopic (exact) mass is 979 g/mol. The van der Waals surface area contributed by atoms with Crippen molar-refractivity contribution in [3.63, 3.8) is 0 Å². The average molecular weight is 980 g/mol. The maximum atomic E-state index is 15.1. The number of carbonyl (C=O) groups is 2. The number of sulfone groups is 3. The molecule has 8 aromatic rings. The highest BCUT2D eigenvalue weighted by Crippen LogP contribution is 2.48. The van der Waals surface area contributed by atoms with E-state index in [1.165, 1.54) is 87.5 Å². The molecule has 0 fully saturated rings. The number of ketones is 2. The summed E-state index contributed by atoms with van der Waals surface area (Å²) in [5, 5.41) is 0. The molecular weight excluding hydrogens is 951 g/mol. The lowest BCUT2D eigenvalue weighted by Crippen LogP contribution is -2.23. The summed E-state index contributed by atoms with van der Waals surface area (Å²) < 4.78 is 79.4. The zero-order valence-corrected chi connectivity index (χ0v) is 39.3. The van der Waals surface area contributed by atoms with Gasteiger partial charge in [0.15, 0.2) is 54.1 Å². The highest BCUT2D eigenvalue weighted by atomic mass is 32.2. The van der Waals surface area contributed by atoms with Crippen molar-refractivity contribution in [2.24, 2.45) is 0 Å². The van der Waals surface area contributed by atoms with Gasteiger partial charge in [0.2, 0.25) is 0 Å². The summed E-state index contributed by atoms with van der Waals surface area (Å²) in [5.74, 6) is -0.879. The zero-order valence-electron chi connectivity index (χ0n) is 32.0. The van der Waals surface area contributed by atoms with Crippen LogP contribution >= 0.6 is 69.3 Å². The molecule has 11 nitrogen and oxygen atoms in total. The Hall–Kier alpha value is -3.99. The van der Waals surface area contributed by atoms with Gasteiger partial charge in [-0.1, -0.05) is 68.2 Å². The van der Waals surface area contributed by atoms with Crippen LogP contribution in [0, 0.1) is 0 Å². The first-order chi connectivity index (χ1) is 29.1. The molecule has 3 aromatic heterocycles. The lowest BCUT2D eigenvalue weighted by atomic mass is 9.84. The Morgan fingerprint density at radius 1 is 0.459 bits per heavy atom. The minimum atomic E-state index is -3.46. The van der Waals surface area contributed by atoms with E-state index in [2.05, 4.69) is 0 Å². The van der Waals surface area contributed by atoms with Gasteiger partial charge in [0.25, 0.3) is 0 Å². The number of carbonyl (C=O) groups excluding carboxylic acids is 2. The van der Waals surface area contributed by atoms with Crippen molar-refractivity contribution in [1.82, 2.24) is 15.0 Å². The fourth-order valence-electron chi connectivity index (χ4n) is 6.63. The molecule has 0 aliphatic heterocycles. The van der Waals surface area contributed by atoms with E-state index < -0.39 is 29.5 Å². The third-order valence-corrected chi connectivity index (χ3v) is 21.5. The average Bonchev–Trinajstić information content (AvgIpc) is 3.97. The van der Waals surface area contributed by atoms with Gasteiger partial charge in [0.1, 0.15) is 0 Å². The van der Waals surface area contributed by atoms with Gasteiger partial charge in [-0.15, -0.1) is 34.0 Å². The topological polar surface area (TPSA) is 175 Å². The molecule has 20 heteroatoms. The molecule has 0 spiro atoms. The van der Waals surface area contributed by atoms with Gasteiger partial charge >= 0.3 is 0 Å². The predicted octanol–water partition coefficient (Wildman–Crippen LogP) is 10.1. The Labute approximate surface area is 375 Å². The summed E-state index contributed by atoms with van der Waals surface area (Å²) in [4.78, 5) is 46.2. The predicted molar refractivity (Wildman–Crippen MR) is 244 cm³/mol. The van der Waals surface area contributed by atoms with E-state index in [9.17, 15) is 30.0 Å². The number of rotatable bonds is 12. The molecule has 0 N–H and O–H groups in total. The molecule has 3 heterocycles. The van der Waals surface area contributed by atoms with Crippen molar-refractivity contribution in [1.29, 1.82) is 0 Å². The van der Waals surface area contributed by atoms with E-state index in [0.717, 1.165) is 0 Å². The summed E-state index contributed by atoms with van der Waals surface area (Å²) in [6.45, 7) is 4.76. The van der Waals surface area contributed by atoms with Crippen LogP contribution in [0.4, 0.5) is 0 Å². The molecule has 0 saturated heterocycles. The van der Waals surface area contributed by atoms with Crippen molar-refractivity contribution in [2.45, 2.75) is 63.2 Å². The lowest BCUT2D eigenvalue weighted by Gasteiger charge is -2.23. The van der Waals surface area contributed by atoms with Crippen LogP contribution in [-0.2, 0) is 29.5 Å². The molecule has 0 amide bonds. The fraction of sp³-hybridized carbons (Fsp3) is 0.146. The largest absolute Gasteiger partial charge is 0.289 e. The van der Waals surface area contributed by atoms with Gasteiger partial charge in [-0.3, -0.25) is 9.59 Å². The molecule has 0 radical (unpaired) electrons. The van der Waals surface area contributed by atoms with Crippen molar-refractivity contribution in [3.05, 3.63) is 107 Å². The maximum absolute atomic E-state index is 15.1. The molecule has 5 aromatic carbocycles. The third kappa shape index (κ3) is 7.77. The van der Waals surface area contributed by atoms with E-state index in [-0.39, 0.29) is 65.8 Å². The molecule has 0 bridgehead atoms. The summed E-state index contributed by atoms with van der Waals surface area (Å²) in [6.07, 6.45) is 0. The second-order valence-corrected chi connectivity index (χ2v) is 27.3. The summed E-state index contributed by atoms with van der Waals surface area (Å²) in [6, 6.07) is 23.0. The fourth-order valence-corrected chi connectivity index (χ4v) is 16.2. The number of hydrogen-bond acceptors (Lipinski definition) is 17. The van der Waals surface area contributed by atoms with Gasteiger partial charge in [-0.05, 0) is 72.8 Å². The molecule has 1 aliphatic carbocycles. The number of hydrogen-bond donors (Lipinski definition) is 0. The molecular formula is C41H29N3O8S9. The normalized spacial score (nSPS) is 13.4. The number of nitrogens with zero attached hydrogens (tertiary/aromatic N) is 3. The summed E-state index contributed by atoms with van der Waals surface area (Å²) in [5.41, 5.74) is 2.61. The SMILES string of the molecule is CCS(=O)(=O)c1ccc2nc(Sc3cccc4c3C(=O)c3c(Sc5nc6ccc(S(=O)(=O)CC)cc6s5)ccc(Sc5nc6ccc(S(=O)(=O)CC)cc6s5)c3C4=O)sc2c1. The van der Waals surface area contributed by atoms with Crippen LogP contribution in [0.5, 0.6) is 0 Å². The van der Waals surface area contributed by atoms with Crippen molar-refractivity contribution in [3.8, 4) is 0 Å². The zero-order chi connectivity index (χ0) is 43.0. The minimum absolute atomic E-state index is 0.0384. The van der Waals surface area contributed by atoms with Crippen LogP contribution in [-0.4, -0.2) is 69.0 Å². The summed E-state index contributed by atoms with van der Waals surface area (Å²) >= 11 is 7.50. The Kier molecular flexibility index (Phi) is 11.1. The second kappa shape index (κ2) is 16.0. The molecule has 1 aliphatic rings. The van der Waals surface area contributed by atoms with Gasteiger partial charge in [-0.25, -0.2) is 40.2 Å². The molecule has 9 rings (SSSR count). The molecule has 0 atom stereocenters. The van der Waals surface area contributed by atoms with Gasteiger partial charge in [0.05, 0.1) is 62.6 Å². The summed E-state index contributed by atoms with van der Waals surface area (Å²) in [7, 11) is -10.4. The van der Waals surface area contributed by atoms with Crippen molar-refractivity contribution >= 4 is 141 Å². The van der Waals surface area contributed by atoms with E-state index in [1.807, 2.05) is 0 Å². The van der Waals surface area contributed by atoms with Crippen LogP contribution in [0.1, 0.15) is 52.6 Å². The number of fused-ring (bicyclic) bond motifs is 5. The van der Waals surface area contributed by atoms with E-state index >= 15 is 4.79 Å². The van der Waals surface area contributed by atoms with Gasteiger partial charge < -0.3 is 0 Å². The van der Waals surface area contributed by atoms with Gasteiger partial charge in [-0.2, -0.15) is 0 Å². The van der Waals surface area contributed by atoms with Gasteiger partial charge in [0, 0.05) is 36.9 Å². The minimum Gasteiger partial charge on any atom is -0.289 e. The van der Waals surface area contributed by atoms with Crippen LogP contribution < -0.4 is 0 Å². The molecule has 0 saturated carbocycles. The van der Waals surface area contributed by atoms with Crippen LogP contribution in [0.25, 0.3) is 30.6 Å². The van der Waals surface area contributed by atoms with Crippen LogP contribution in [0.15, 0.2) is 127 Å². The van der Waals surface area contributed by atoms with E-state index in [4.69, 9.17) is 15.0 Å². The Morgan fingerprint density at radius 3 is 1.20 bits per heavy atom. The number of benzene rings is 5. The molecule has 0 unspecified atom stereocenters. The second-order valence-electron chi connectivity index (χ2n) is 13.5. The number of thiazole rings is 3. The first kappa shape index (κ1) is 42.3. The Balaban J connectivity index is 1.14. The molecule has 310 valence electrons. The first-order valence-corrected chi connectivity index (χ1v) is 28.3. The highest BCUT2D eigenvalue weighted by Gasteiger charge is 2.37. The quantitative estimate of drug-likeness (QED) is 0.113. The van der Waals surface area contributed by atoms with Crippen molar-refractivity contribution < 1.29 is 34.8 Å². The lowest BCUT2D eigenvalue weighted by molar-refractivity contribution is 0.0972.